The number of anilines is 1. The maximum Gasteiger partial charge on any atom is 0.247 e. The molecule has 5 rings (SSSR count). The number of nitrogens with one attached hydrogen (secondary N) is 2. The smallest absolute Gasteiger partial charge is 0.247 e. The highest BCUT2D eigenvalue weighted by Gasteiger charge is 2.52. The lowest BCUT2D eigenvalue weighted by Gasteiger charge is -2.52. The normalized spacial score (nSPS) is 31.0. The summed E-state index contributed by atoms with van der Waals surface area (Å²) in [5, 5.41) is 16.8. The Kier molecular flexibility index (Phi) is 6.07. The van der Waals surface area contributed by atoms with Crippen LogP contribution in [0.3, 0.4) is 0 Å². The first-order chi connectivity index (χ1) is 15.0. The van der Waals surface area contributed by atoms with Crippen molar-refractivity contribution in [3.05, 3.63) is 17.2 Å². The number of hydrogen-bond donors (Lipinski definition) is 3. The van der Waals surface area contributed by atoms with Crippen molar-refractivity contribution in [1.82, 2.24) is 9.62 Å². The number of halogens is 1. The summed E-state index contributed by atoms with van der Waals surface area (Å²) in [5.41, 5.74) is 0.185. The second-order valence-corrected chi connectivity index (χ2v) is 12.1. The van der Waals surface area contributed by atoms with Gasteiger partial charge >= 0.3 is 0 Å². The van der Waals surface area contributed by atoms with Gasteiger partial charge in [0.1, 0.15) is 17.0 Å². The van der Waals surface area contributed by atoms with E-state index in [-0.39, 0.29) is 22.2 Å². The summed E-state index contributed by atoms with van der Waals surface area (Å²) in [4.78, 5) is 24.3. The molecule has 2 bridgehead atoms. The van der Waals surface area contributed by atoms with E-state index < -0.39 is 44.3 Å². The minimum Gasteiger partial charge on any atom is -0.504 e. The molecular weight excluding hydrogens is 454 g/mol. The highest BCUT2D eigenvalue weighted by molar-refractivity contribution is 7.89. The summed E-state index contributed by atoms with van der Waals surface area (Å²) in [5.74, 6) is -0.837. The highest BCUT2D eigenvalue weighted by atomic mass is 35.5. The number of benzene rings is 1. The van der Waals surface area contributed by atoms with E-state index in [1.165, 1.54) is 45.5 Å². The molecule has 0 aromatic heterocycles. The number of ketones is 2. The molecule has 4 fully saturated rings. The zero-order chi connectivity index (χ0) is 23.4. The number of nitrogens with zero attached hydrogens (tertiary/aromatic N) is 1. The van der Waals surface area contributed by atoms with Gasteiger partial charge in [-0.15, -0.1) is 0 Å². The van der Waals surface area contributed by atoms with Gasteiger partial charge in [0.05, 0.1) is 10.7 Å². The van der Waals surface area contributed by atoms with Crippen molar-refractivity contribution in [3.8, 4) is 5.75 Å². The lowest BCUT2D eigenvalue weighted by atomic mass is 9.57. The third kappa shape index (κ3) is 3.73. The van der Waals surface area contributed by atoms with Crippen LogP contribution < -0.4 is 10.6 Å². The molecule has 4 aliphatic rings. The quantitative estimate of drug-likeness (QED) is 0.403. The van der Waals surface area contributed by atoms with Gasteiger partial charge in [-0.1, -0.05) is 11.6 Å². The van der Waals surface area contributed by atoms with Crippen LogP contribution in [0.4, 0.5) is 5.69 Å². The van der Waals surface area contributed by atoms with E-state index in [4.69, 9.17) is 11.6 Å². The second kappa shape index (κ2) is 8.27. The monoisotopic (exact) mass is 483 g/mol. The van der Waals surface area contributed by atoms with E-state index in [1.807, 2.05) is 0 Å². The van der Waals surface area contributed by atoms with Crippen LogP contribution in [-0.2, 0) is 19.6 Å². The predicted molar refractivity (Wildman–Crippen MR) is 121 cm³/mol. The van der Waals surface area contributed by atoms with E-state index in [9.17, 15) is 23.1 Å². The summed E-state index contributed by atoms with van der Waals surface area (Å²) in [6.45, 7) is 2.08. The van der Waals surface area contributed by atoms with Crippen LogP contribution in [0.2, 0.25) is 5.02 Å². The zero-order valence-electron chi connectivity index (χ0n) is 18.5. The summed E-state index contributed by atoms with van der Waals surface area (Å²) in [6.07, 6.45) is 7.03. The first-order valence-electron chi connectivity index (χ1n) is 11.0. The molecule has 8 nitrogen and oxygen atoms in total. The summed E-state index contributed by atoms with van der Waals surface area (Å²) < 4.78 is 26.1. The van der Waals surface area contributed by atoms with Crippen LogP contribution in [0.25, 0.3) is 0 Å². The van der Waals surface area contributed by atoms with Gasteiger partial charge in [-0.05, 0) is 68.9 Å². The molecule has 0 radical (unpaired) electrons. The van der Waals surface area contributed by atoms with Crippen molar-refractivity contribution in [2.24, 2.45) is 11.3 Å². The van der Waals surface area contributed by atoms with E-state index in [1.54, 1.807) is 0 Å². The molecule has 32 heavy (non-hydrogen) atoms. The molecule has 0 aliphatic heterocycles. The first kappa shape index (κ1) is 23.5. The molecule has 4 saturated carbocycles. The molecule has 4 aliphatic carbocycles. The summed E-state index contributed by atoms with van der Waals surface area (Å²) in [7, 11) is -1.36. The third-order valence-corrected chi connectivity index (χ3v) is 10.1. The van der Waals surface area contributed by atoms with Crippen LogP contribution in [-0.4, -0.2) is 61.6 Å². The van der Waals surface area contributed by atoms with E-state index in [2.05, 4.69) is 17.6 Å². The molecular formula is C22H30ClN3O5S. The van der Waals surface area contributed by atoms with Gasteiger partial charge in [0, 0.05) is 20.1 Å². The fourth-order valence-corrected chi connectivity index (χ4v) is 6.95. The Balaban J connectivity index is 1.55. The minimum atomic E-state index is -4.02. The summed E-state index contributed by atoms with van der Waals surface area (Å²) in [6, 6.07) is 1.21. The number of phenolic OH excluding ortho intramolecular Hbond substituents is 1. The van der Waals surface area contributed by atoms with Crippen molar-refractivity contribution in [2.75, 3.05) is 19.4 Å². The second-order valence-electron chi connectivity index (χ2n) is 9.62. The topological polar surface area (TPSA) is 116 Å². The fourth-order valence-electron chi connectivity index (χ4n) is 5.47. The van der Waals surface area contributed by atoms with Gasteiger partial charge in [0.15, 0.2) is 5.75 Å². The van der Waals surface area contributed by atoms with Crippen molar-refractivity contribution in [2.45, 2.75) is 68.5 Å². The van der Waals surface area contributed by atoms with Crippen molar-refractivity contribution in [3.63, 3.8) is 0 Å². The highest BCUT2D eigenvalue weighted by Crippen LogP contribution is 2.52. The lowest BCUT2D eigenvalue weighted by molar-refractivity contribution is -0.146. The predicted octanol–water partition coefficient (Wildman–Crippen LogP) is 2.55. The Bertz CT molecular complexity index is 1040. The maximum absolute atomic E-state index is 12.6. The van der Waals surface area contributed by atoms with Crippen LogP contribution in [0.1, 0.15) is 45.4 Å². The largest absolute Gasteiger partial charge is 0.504 e. The Morgan fingerprint density at radius 1 is 1.09 bits per heavy atom. The molecule has 10 heteroatoms. The van der Waals surface area contributed by atoms with E-state index in [0.29, 0.717) is 0 Å². The molecule has 0 saturated heterocycles. The van der Waals surface area contributed by atoms with Gasteiger partial charge in [-0.2, -0.15) is 0 Å². The Labute approximate surface area is 193 Å². The fraction of sp³-hybridized carbons (Fsp3) is 0.636. The molecule has 0 amide bonds. The van der Waals surface area contributed by atoms with E-state index >= 15 is 0 Å². The standard InChI is InChI=1S/C22H30ClN3O5S/c1-12(22-9-6-13(7-10-22)8-11-22)24-16-17(20(29)19(16)28)25-15-5-4-14(23)21(18(15)27)32(30,31)26(2)3/h4-5,12-13,16-17,24-25,27H,6-11H2,1-3H3. The van der Waals surface area contributed by atoms with Crippen molar-refractivity contribution >= 4 is 38.9 Å². The lowest BCUT2D eigenvalue weighted by Crippen LogP contribution is -2.70. The zero-order valence-corrected chi connectivity index (χ0v) is 20.1. The third-order valence-electron chi connectivity index (χ3n) is 7.77. The van der Waals surface area contributed by atoms with Crippen LogP contribution >= 0.6 is 11.6 Å². The number of rotatable bonds is 7. The molecule has 0 heterocycles. The molecule has 1 aromatic rings. The number of fused-ring (bicyclic) bond motifs is 3. The number of sulfonamides is 1. The Hall–Kier alpha value is -1.68. The van der Waals surface area contributed by atoms with Gasteiger partial charge in [-0.3, -0.25) is 9.59 Å². The number of hydrogen-bond acceptors (Lipinski definition) is 7. The molecule has 0 spiro atoms. The maximum atomic E-state index is 12.6. The van der Waals surface area contributed by atoms with Crippen molar-refractivity contribution in [1.29, 1.82) is 0 Å². The first-order valence-corrected chi connectivity index (χ1v) is 12.8. The SMILES string of the molecule is CC(NC1C(=O)C(=O)C1Nc1ccc(Cl)c(S(=O)(=O)N(C)C)c1O)C12CCC(CC1)CC2. The average Bonchev–Trinajstić information content (AvgIpc) is 2.78. The average molecular weight is 484 g/mol. The van der Waals surface area contributed by atoms with E-state index in [0.717, 1.165) is 29.5 Å². The number of carbonyl (C=O) groups excluding carboxylic acids is 2. The van der Waals surface area contributed by atoms with Crippen molar-refractivity contribution < 1.29 is 23.1 Å². The molecule has 176 valence electrons. The number of Topliss-reactive ketones (excluding diaryl/α,β-unsaturated/α-hetero) is 2. The van der Waals surface area contributed by atoms with Gasteiger partial charge < -0.3 is 15.7 Å². The van der Waals surface area contributed by atoms with Gasteiger partial charge in [0.2, 0.25) is 21.6 Å². The molecule has 3 atom stereocenters. The van der Waals surface area contributed by atoms with Gasteiger partial charge in [-0.25, -0.2) is 12.7 Å². The van der Waals surface area contributed by atoms with Crippen LogP contribution in [0.5, 0.6) is 5.75 Å². The van der Waals surface area contributed by atoms with Crippen LogP contribution in [0, 0.1) is 11.3 Å². The molecule has 3 N–H and O–H groups in total. The Morgan fingerprint density at radius 3 is 2.22 bits per heavy atom. The minimum absolute atomic E-state index is 0.0384. The van der Waals surface area contributed by atoms with Gasteiger partial charge in [0.25, 0.3) is 0 Å². The van der Waals surface area contributed by atoms with Crippen LogP contribution in [0.15, 0.2) is 17.0 Å². The molecule has 3 unspecified atom stereocenters. The number of carbonyl (C=O) groups is 2. The number of aromatic hydroxyl groups is 1. The summed E-state index contributed by atoms with van der Waals surface area (Å²) >= 11 is 6.06. The molecule has 1 aromatic carbocycles. The number of phenols is 1. The Morgan fingerprint density at radius 2 is 1.66 bits per heavy atom.